The van der Waals surface area contributed by atoms with Crippen molar-refractivity contribution in [2.24, 2.45) is 0 Å². The first-order valence-electron chi connectivity index (χ1n) is 29.7. The first-order valence-corrected chi connectivity index (χ1v) is 32.7. The van der Waals surface area contributed by atoms with Crippen molar-refractivity contribution in [3.63, 3.8) is 0 Å². The molecule has 8 rings (SSSR count). The van der Waals surface area contributed by atoms with E-state index in [0.717, 1.165) is 0 Å². The van der Waals surface area contributed by atoms with Crippen LogP contribution >= 0.6 is 15.6 Å². The molecule has 8 heterocycles. The molecule has 568 valence electrons. The van der Waals surface area contributed by atoms with Gasteiger partial charge in [0.25, 0.3) is 0 Å². The fourth-order valence-corrected chi connectivity index (χ4v) is 12.9. The molecule has 8 saturated heterocycles. The highest BCUT2D eigenvalue weighted by Gasteiger charge is 2.59. The van der Waals surface area contributed by atoms with E-state index in [-0.39, 0.29) is 0 Å². The van der Waals surface area contributed by atoms with Gasteiger partial charge in [-0.15, -0.1) is 0 Å². The van der Waals surface area contributed by atoms with E-state index >= 15 is 0 Å². The van der Waals surface area contributed by atoms with Crippen molar-refractivity contribution in [1.29, 1.82) is 0 Å². The second kappa shape index (κ2) is 34.3. The number of aliphatic hydroxyl groups excluding tert-OH is 26. The lowest BCUT2D eigenvalue weighted by Gasteiger charge is -2.49. The Labute approximate surface area is 544 Å². The lowest BCUT2D eigenvalue weighted by atomic mass is 9.95. The summed E-state index contributed by atoms with van der Waals surface area (Å²) in [5.74, 6) is 0. The molecule has 0 bridgehead atoms. The molecule has 0 saturated carbocycles. The molecule has 42 atom stereocenters. The van der Waals surface area contributed by atoms with E-state index in [1.54, 1.807) is 0 Å². The number of aliphatic hydroxyl groups is 26. The summed E-state index contributed by atoms with van der Waals surface area (Å²) in [5.41, 5.74) is 0. The minimum atomic E-state index is -5.76. The predicted octanol–water partition coefficient (Wildman–Crippen LogP) is -18.2. The van der Waals surface area contributed by atoms with Crippen LogP contribution in [0.3, 0.4) is 0 Å². The van der Waals surface area contributed by atoms with Gasteiger partial charge in [0.2, 0.25) is 0 Å². The van der Waals surface area contributed by atoms with E-state index in [1.807, 2.05) is 0 Å². The molecule has 0 radical (unpaired) electrons. The zero-order valence-electron chi connectivity index (χ0n) is 49.9. The topological polar surface area (TPSA) is 757 Å². The van der Waals surface area contributed by atoms with Crippen LogP contribution in [0.5, 0.6) is 0 Å². The maximum Gasteiger partial charge on any atom is 0.474 e. The number of ether oxygens (including phenoxy) is 13. The van der Waals surface area contributed by atoms with Crippen molar-refractivity contribution in [2.75, 3.05) is 52.9 Å². The van der Waals surface area contributed by atoms with Crippen molar-refractivity contribution in [1.82, 2.24) is 0 Å². The van der Waals surface area contributed by atoms with E-state index in [1.165, 1.54) is 0 Å². The van der Waals surface area contributed by atoms with E-state index < -0.39 is 314 Å². The molecule has 0 amide bonds. The molecule has 0 aromatic carbocycles. The van der Waals surface area contributed by atoms with Gasteiger partial charge < -0.3 is 204 Å². The van der Waals surface area contributed by atoms with Crippen LogP contribution in [0.2, 0.25) is 0 Å². The van der Waals surface area contributed by atoms with Crippen LogP contribution in [-0.2, 0) is 88.8 Å². The Balaban J connectivity index is 0.994. The minimum Gasteiger partial charge on any atom is -0.394 e. The van der Waals surface area contributed by atoms with Crippen LogP contribution in [0.25, 0.3) is 0 Å². The second-order valence-electron chi connectivity index (χ2n) is 23.6. The van der Waals surface area contributed by atoms with Crippen molar-refractivity contribution in [2.45, 2.75) is 246 Å². The van der Waals surface area contributed by atoms with Gasteiger partial charge >= 0.3 is 15.6 Å². The Morgan fingerprint density at radius 1 is 0.247 bits per heavy atom. The fourth-order valence-electron chi connectivity index (χ4n) is 11.3. The maximum absolute atomic E-state index is 13.6. The van der Waals surface area contributed by atoms with Gasteiger partial charge in [-0.25, -0.2) is 9.13 Å². The van der Waals surface area contributed by atoms with Crippen LogP contribution in [0, 0.1) is 0 Å². The lowest BCUT2D eigenvalue weighted by Crippen LogP contribution is -2.68. The standard InChI is InChI=1S/C48H84O47P2/c49-1-9-17(54)26(63)33(70)42(83-9)92-40-31(68)23(60)14(89-48(40)95-97(77,78)80-7-15-21(58)25(62)32(69)41(74)82-15)6-79-46-38(29(66)19(56)11(3-51)86-46)93-47-39(30(67)20(57)12(4-52)87-47)91-44-36(73)37(24(61)13(5-53)84-44)90-43-34(71)28(65)22(59)16(88-43)8-81-96(75,76)94-45-35(72)27(64)18(55)10(2-50)85-45/h9-74H,1-8H2,(H,75,76)(H,77,78)/t9-,10-,11-,12-,13-,14-,15-,16-,17-,18-,19-,20-,21-,22-,23-,24-,25+,26+,27+,28+,29+,30+,31+,32+,33+,34+,35+,36+,37+,38+,39+,40+,41+,42-,43-,44-,45-,46+,47-,48-/m1/s1. The monoisotopic (exact) mass is 1470 g/mol. The normalized spacial score (nSPS) is 51.5. The largest absolute Gasteiger partial charge is 0.474 e. The highest BCUT2D eigenvalue weighted by Crippen LogP contribution is 2.49. The molecule has 0 aromatic heterocycles. The van der Waals surface area contributed by atoms with Crippen molar-refractivity contribution >= 4 is 15.6 Å². The Hall–Kier alpha value is -1.34. The minimum absolute atomic E-state index is 0.982. The van der Waals surface area contributed by atoms with Gasteiger partial charge in [-0.1, -0.05) is 0 Å². The highest BCUT2D eigenvalue weighted by atomic mass is 31.2. The fraction of sp³-hybridized carbons (Fsp3) is 1.00. The molecule has 8 fully saturated rings. The number of hydrogen-bond acceptors (Lipinski definition) is 45. The van der Waals surface area contributed by atoms with E-state index in [9.17, 15) is 152 Å². The van der Waals surface area contributed by atoms with E-state index in [4.69, 9.17) is 79.7 Å². The molecule has 0 spiro atoms. The van der Waals surface area contributed by atoms with Gasteiger partial charge in [0.05, 0.1) is 52.9 Å². The van der Waals surface area contributed by atoms with Crippen LogP contribution in [0.4, 0.5) is 0 Å². The average Bonchev–Trinajstić information content (AvgIpc) is 0.778. The van der Waals surface area contributed by atoms with Gasteiger partial charge in [0.15, 0.2) is 50.3 Å². The Morgan fingerprint density at radius 3 is 0.990 bits per heavy atom. The Kier molecular flexibility index (Phi) is 28.7. The van der Waals surface area contributed by atoms with Crippen molar-refractivity contribution in [3.05, 3.63) is 0 Å². The van der Waals surface area contributed by atoms with Crippen molar-refractivity contribution in [3.8, 4) is 0 Å². The third-order valence-electron chi connectivity index (χ3n) is 17.0. The third kappa shape index (κ3) is 18.1. The van der Waals surface area contributed by atoms with Crippen LogP contribution < -0.4 is 0 Å². The second-order valence-corrected chi connectivity index (χ2v) is 26.4. The smallest absolute Gasteiger partial charge is 0.394 e. The maximum atomic E-state index is 13.6. The number of rotatable bonds is 26. The number of phosphoric ester groups is 2. The summed E-state index contributed by atoms with van der Waals surface area (Å²) in [4.78, 5) is 21.4. The molecule has 0 aromatic rings. The highest BCUT2D eigenvalue weighted by molar-refractivity contribution is 7.47. The SMILES string of the molecule is O=P(O)(OC[C@H]1O[C@H](O[C@@H]2[C@H](O)[C@@H](O[C@@H]3[C@@H](O[C@@H]4[C@@H](OC[C@H]5O[C@H](OP(=O)(O)OC[C@H]6O[C@H](O)[C@@H](O)[C@@H](O)[C@@H]6O)[C@@H](O[C@H]6O[C@H](CO)[C@@H](O)[C@H](O)[C@@H]6O)[C@@H](O)[C@@H]5O)O[C@H](CO)[C@@H](O)[C@@H]4O)O[C@H](CO)[C@@H](O)[C@@H]3O)O[C@H](CO)[C@H]2O)[C@@H](O)[C@@H](O)[C@@H]1O)O[C@H]1O[C@H](CO)[C@@H](O)[C@H](O)[C@@H]1O. The molecular formula is C48H84O47P2. The predicted molar refractivity (Wildman–Crippen MR) is 286 cm³/mol. The molecule has 8 aliphatic rings. The van der Waals surface area contributed by atoms with Gasteiger partial charge in [0.1, 0.15) is 195 Å². The summed E-state index contributed by atoms with van der Waals surface area (Å²) in [6, 6.07) is 0. The first-order chi connectivity index (χ1) is 45.5. The summed E-state index contributed by atoms with van der Waals surface area (Å²) >= 11 is 0. The van der Waals surface area contributed by atoms with Gasteiger partial charge in [-0.2, -0.15) is 0 Å². The van der Waals surface area contributed by atoms with Crippen LogP contribution in [0.1, 0.15) is 0 Å². The summed E-state index contributed by atoms with van der Waals surface area (Å²) < 4.78 is 118. The lowest BCUT2D eigenvalue weighted by molar-refractivity contribution is -0.402. The molecule has 2 unspecified atom stereocenters. The summed E-state index contributed by atoms with van der Waals surface area (Å²) in [6.07, 6.45) is -87.2. The molecule has 0 aliphatic carbocycles. The Morgan fingerprint density at radius 2 is 0.526 bits per heavy atom. The summed E-state index contributed by atoms with van der Waals surface area (Å²) in [7, 11) is -11.3. The number of hydrogen-bond donors (Lipinski definition) is 28. The van der Waals surface area contributed by atoms with Gasteiger partial charge in [-0.05, 0) is 0 Å². The summed E-state index contributed by atoms with van der Waals surface area (Å²) in [6.45, 7) is -9.22. The zero-order chi connectivity index (χ0) is 71.8. The molecule has 97 heavy (non-hydrogen) atoms. The Bertz CT molecular complexity index is 2520. The molecule has 28 N–H and O–H groups in total. The first kappa shape index (κ1) is 81.3. The molecule has 49 heteroatoms. The van der Waals surface area contributed by atoms with Gasteiger partial charge in [0, 0.05) is 0 Å². The molecular weight excluding hydrogens is 1390 g/mol. The average molecular weight is 1480 g/mol. The summed E-state index contributed by atoms with van der Waals surface area (Å²) in [5, 5.41) is 276. The van der Waals surface area contributed by atoms with Crippen LogP contribution in [0.15, 0.2) is 0 Å². The zero-order valence-corrected chi connectivity index (χ0v) is 51.7. The van der Waals surface area contributed by atoms with Crippen molar-refractivity contribution < 1.29 is 231 Å². The van der Waals surface area contributed by atoms with Gasteiger partial charge in [-0.3, -0.25) is 18.1 Å². The van der Waals surface area contributed by atoms with E-state index in [0.29, 0.717) is 0 Å². The van der Waals surface area contributed by atoms with Crippen LogP contribution in [-0.4, -0.2) is 441 Å². The quantitative estimate of drug-likeness (QED) is 0.0358. The number of phosphoric acid groups is 2. The molecule has 8 aliphatic heterocycles. The third-order valence-corrected chi connectivity index (χ3v) is 18.9. The van der Waals surface area contributed by atoms with E-state index in [2.05, 4.69) is 0 Å². The molecule has 47 nitrogen and oxygen atoms in total.